The SMILES string of the molecule is CCOC(C)(C)CCOC(=O)CC(C)(N)CC(C)(C)C(=O)ON1C(=O)CCC1=O. The number of carbonyl (C=O) groups is 4. The second kappa shape index (κ2) is 9.67. The van der Waals surface area contributed by atoms with Crippen LogP contribution in [0.15, 0.2) is 0 Å². The maximum Gasteiger partial charge on any atom is 0.338 e. The fraction of sp³-hybridized carbons (Fsp3) is 0.800. The van der Waals surface area contributed by atoms with Gasteiger partial charge in [0.2, 0.25) is 0 Å². The van der Waals surface area contributed by atoms with E-state index in [0.29, 0.717) is 18.1 Å². The van der Waals surface area contributed by atoms with E-state index in [0.717, 1.165) is 0 Å². The average Bonchev–Trinajstić information content (AvgIpc) is 2.84. The van der Waals surface area contributed by atoms with Gasteiger partial charge in [0.05, 0.1) is 24.0 Å². The van der Waals surface area contributed by atoms with Crippen LogP contribution >= 0.6 is 0 Å². The Morgan fingerprint density at radius 2 is 1.62 bits per heavy atom. The molecule has 166 valence electrons. The van der Waals surface area contributed by atoms with Crippen LogP contribution in [0.2, 0.25) is 0 Å². The maximum absolute atomic E-state index is 12.5. The lowest BCUT2D eigenvalue weighted by Crippen LogP contribution is -2.47. The molecule has 1 rings (SSSR count). The van der Waals surface area contributed by atoms with Crippen LogP contribution in [0.4, 0.5) is 0 Å². The number of rotatable bonds is 11. The van der Waals surface area contributed by atoms with E-state index < -0.39 is 40.3 Å². The van der Waals surface area contributed by atoms with Gasteiger partial charge in [0.1, 0.15) is 0 Å². The summed E-state index contributed by atoms with van der Waals surface area (Å²) in [6, 6.07) is 0. The summed E-state index contributed by atoms with van der Waals surface area (Å²) in [4.78, 5) is 52.9. The molecule has 0 spiro atoms. The number of hydroxylamine groups is 2. The van der Waals surface area contributed by atoms with Crippen molar-refractivity contribution in [2.75, 3.05) is 13.2 Å². The van der Waals surface area contributed by atoms with E-state index in [1.807, 2.05) is 20.8 Å². The number of hydrogen-bond donors (Lipinski definition) is 1. The highest BCUT2D eigenvalue weighted by atomic mass is 16.7. The Labute approximate surface area is 172 Å². The van der Waals surface area contributed by atoms with Crippen molar-refractivity contribution in [2.24, 2.45) is 11.1 Å². The first-order valence-electron chi connectivity index (χ1n) is 9.86. The largest absolute Gasteiger partial charge is 0.466 e. The highest BCUT2D eigenvalue weighted by Gasteiger charge is 2.41. The van der Waals surface area contributed by atoms with Crippen LogP contribution in [0.5, 0.6) is 0 Å². The molecule has 1 heterocycles. The van der Waals surface area contributed by atoms with Crippen molar-refractivity contribution in [2.45, 2.75) is 84.8 Å². The van der Waals surface area contributed by atoms with Crippen LogP contribution in [0.3, 0.4) is 0 Å². The molecule has 1 unspecified atom stereocenters. The molecule has 9 heteroatoms. The van der Waals surface area contributed by atoms with Crippen molar-refractivity contribution in [3.8, 4) is 0 Å². The van der Waals surface area contributed by atoms with Gasteiger partial charge in [-0.1, -0.05) is 0 Å². The Morgan fingerprint density at radius 1 is 1.07 bits per heavy atom. The number of hydrogen-bond acceptors (Lipinski definition) is 8. The van der Waals surface area contributed by atoms with Crippen molar-refractivity contribution >= 4 is 23.8 Å². The van der Waals surface area contributed by atoms with Gasteiger partial charge in [0, 0.05) is 31.4 Å². The van der Waals surface area contributed by atoms with Crippen LogP contribution < -0.4 is 5.73 Å². The minimum atomic E-state index is -1.12. The third kappa shape index (κ3) is 8.10. The van der Waals surface area contributed by atoms with E-state index in [1.165, 1.54) is 0 Å². The molecule has 29 heavy (non-hydrogen) atoms. The Bertz CT molecular complexity index is 625. The second-order valence-electron chi connectivity index (χ2n) is 9.02. The molecule has 1 fully saturated rings. The van der Waals surface area contributed by atoms with E-state index >= 15 is 0 Å². The van der Waals surface area contributed by atoms with Crippen LogP contribution in [-0.2, 0) is 33.5 Å². The Morgan fingerprint density at radius 3 is 2.14 bits per heavy atom. The topological polar surface area (TPSA) is 125 Å². The molecular weight excluding hydrogens is 380 g/mol. The highest BCUT2D eigenvalue weighted by molar-refractivity contribution is 6.01. The molecule has 1 aliphatic heterocycles. The van der Waals surface area contributed by atoms with Crippen LogP contribution in [0.25, 0.3) is 0 Å². The first-order valence-corrected chi connectivity index (χ1v) is 9.86. The summed E-state index contributed by atoms with van der Waals surface area (Å²) in [5, 5.41) is 0.506. The molecular formula is C20H34N2O7. The predicted molar refractivity (Wildman–Crippen MR) is 104 cm³/mol. The molecule has 1 aliphatic rings. The molecule has 2 N–H and O–H groups in total. The third-order valence-corrected chi connectivity index (χ3v) is 4.63. The van der Waals surface area contributed by atoms with Crippen LogP contribution in [0.1, 0.15) is 73.6 Å². The monoisotopic (exact) mass is 414 g/mol. The van der Waals surface area contributed by atoms with E-state index in [1.54, 1.807) is 20.8 Å². The molecule has 9 nitrogen and oxygen atoms in total. The van der Waals surface area contributed by atoms with E-state index in [4.69, 9.17) is 20.0 Å². The van der Waals surface area contributed by atoms with Crippen molar-refractivity contribution in [1.82, 2.24) is 5.06 Å². The predicted octanol–water partition coefficient (Wildman–Crippen LogP) is 1.87. The fourth-order valence-corrected chi connectivity index (χ4v) is 3.26. The number of imide groups is 1. The fourth-order valence-electron chi connectivity index (χ4n) is 3.26. The number of nitrogens with two attached hydrogens (primary N) is 1. The molecule has 0 aromatic heterocycles. The van der Waals surface area contributed by atoms with Crippen molar-refractivity contribution in [1.29, 1.82) is 0 Å². The smallest absolute Gasteiger partial charge is 0.338 e. The number of ether oxygens (including phenoxy) is 2. The molecule has 0 aromatic rings. The highest BCUT2D eigenvalue weighted by Crippen LogP contribution is 2.31. The molecule has 0 aliphatic carbocycles. The number of amides is 2. The number of esters is 1. The molecule has 0 saturated carbocycles. The zero-order valence-electron chi connectivity index (χ0n) is 18.3. The van der Waals surface area contributed by atoms with Gasteiger partial charge in [-0.2, -0.15) is 0 Å². The molecule has 2 amide bonds. The normalized spacial score (nSPS) is 17.3. The molecule has 1 atom stereocenters. The van der Waals surface area contributed by atoms with Crippen molar-refractivity contribution in [3.63, 3.8) is 0 Å². The maximum atomic E-state index is 12.5. The van der Waals surface area contributed by atoms with Gasteiger partial charge in [-0.3, -0.25) is 14.4 Å². The minimum Gasteiger partial charge on any atom is -0.466 e. The van der Waals surface area contributed by atoms with Gasteiger partial charge in [0.15, 0.2) is 0 Å². The van der Waals surface area contributed by atoms with Crippen LogP contribution in [-0.4, -0.2) is 53.2 Å². The lowest BCUT2D eigenvalue weighted by atomic mass is 9.78. The molecule has 0 aromatic carbocycles. The van der Waals surface area contributed by atoms with Gasteiger partial charge in [0.25, 0.3) is 11.8 Å². The summed E-state index contributed by atoms with van der Waals surface area (Å²) >= 11 is 0. The van der Waals surface area contributed by atoms with Crippen LogP contribution in [0, 0.1) is 5.41 Å². The Hall–Kier alpha value is -2.00. The number of carbonyl (C=O) groups excluding carboxylic acids is 4. The molecule has 1 saturated heterocycles. The van der Waals surface area contributed by atoms with E-state index in [-0.39, 0.29) is 32.3 Å². The second-order valence-corrected chi connectivity index (χ2v) is 9.02. The van der Waals surface area contributed by atoms with E-state index in [9.17, 15) is 19.2 Å². The Balaban J connectivity index is 2.56. The lowest BCUT2D eigenvalue weighted by molar-refractivity contribution is -0.204. The molecule has 0 bridgehead atoms. The van der Waals surface area contributed by atoms with Gasteiger partial charge in [-0.25, -0.2) is 4.79 Å². The number of nitrogens with zero attached hydrogens (tertiary/aromatic N) is 1. The average molecular weight is 414 g/mol. The molecule has 0 radical (unpaired) electrons. The first kappa shape index (κ1) is 25.0. The minimum absolute atomic E-state index is 0.0209. The summed E-state index contributed by atoms with van der Waals surface area (Å²) in [6.07, 6.45) is 0.582. The summed E-state index contributed by atoms with van der Waals surface area (Å²) in [5.41, 5.74) is 3.67. The quantitative estimate of drug-likeness (QED) is 0.401. The Kier molecular flexibility index (Phi) is 8.35. The third-order valence-electron chi connectivity index (χ3n) is 4.63. The summed E-state index contributed by atoms with van der Waals surface area (Å²) in [5.74, 6) is -2.33. The van der Waals surface area contributed by atoms with Crippen molar-refractivity contribution < 1.29 is 33.5 Å². The lowest BCUT2D eigenvalue weighted by Gasteiger charge is -2.33. The zero-order valence-corrected chi connectivity index (χ0v) is 18.3. The van der Waals surface area contributed by atoms with Gasteiger partial charge >= 0.3 is 11.9 Å². The van der Waals surface area contributed by atoms with E-state index in [2.05, 4.69) is 0 Å². The zero-order chi connectivity index (χ0) is 22.5. The standard InChI is InChI=1S/C20H34N2O7/c1-7-28-19(4,5)10-11-27-16(25)12-20(6,21)13-18(2,3)17(26)29-22-14(23)8-9-15(22)24/h7-13,21H2,1-6H3. The van der Waals surface area contributed by atoms with Crippen molar-refractivity contribution in [3.05, 3.63) is 0 Å². The summed E-state index contributed by atoms with van der Waals surface area (Å²) < 4.78 is 10.8. The van der Waals surface area contributed by atoms with Gasteiger partial charge < -0.3 is 20.0 Å². The van der Waals surface area contributed by atoms with Gasteiger partial charge in [-0.05, 0) is 48.0 Å². The first-order chi connectivity index (χ1) is 13.2. The van der Waals surface area contributed by atoms with Gasteiger partial charge in [-0.15, -0.1) is 5.06 Å². The summed E-state index contributed by atoms with van der Waals surface area (Å²) in [7, 11) is 0. The summed E-state index contributed by atoms with van der Waals surface area (Å²) in [6.45, 7) is 11.3.